The molecule has 0 aromatic heterocycles. The van der Waals surface area contributed by atoms with Gasteiger partial charge in [0.05, 0.1) is 19.3 Å². The van der Waals surface area contributed by atoms with E-state index >= 15 is 0 Å². The number of amides is 1. The van der Waals surface area contributed by atoms with Crippen molar-refractivity contribution >= 4 is 5.91 Å². The van der Waals surface area contributed by atoms with Gasteiger partial charge in [-0.1, -0.05) is 24.3 Å². The van der Waals surface area contributed by atoms with Gasteiger partial charge in [-0.25, -0.2) is 0 Å². The van der Waals surface area contributed by atoms with Crippen LogP contribution in [-0.4, -0.2) is 19.1 Å². The number of nitrogens with one attached hydrogen (secondary N) is 1. The number of aryl methyl sites for hydroxylation is 1. The number of fused-ring (bicyclic) bond motifs is 1. The van der Waals surface area contributed by atoms with Crippen LogP contribution in [-0.2, 0) is 16.0 Å². The Labute approximate surface area is 107 Å². The second-order valence-electron chi connectivity index (χ2n) is 4.86. The highest BCUT2D eigenvalue weighted by Gasteiger charge is 2.23. The van der Waals surface area contributed by atoms with Gasteiger partial charge in [-0.3, -0.25) is 4.79 Å². The van der Waals surface area contributed by atoms with Crippen molar-refractivity contribution in [2.45, 2.75) is 25.3 Å². The molecule has 1 aromatic rings. The van der Waals surface area contributed by atoms with Crippen LogP contribution in [0.4, 0.5) is 0 Å². The third-order valence-corrected chi connectivity index (χ3v) is 3.67. The number of rotatable bonds is 2. The van der Waals surface area contributed by atoms with E-state index in [0.717, 1.165) is 24.8 Å². The summed E-state index contributed by atoms with van der Waals surface area (Å²) >= 11 is 0. The van der Waals surface area contributed by atoms with Crippen LogP contribution in [0.25, 0.3) is 0 Å². The molecular formula is C15H17NO2. The van der Waals surface area contributed by atoms with Gasteiger partial charge in [-0.2, -0.15) is 0 Å². The van der Waals surface area contributed by atoms with E-state index in [1.54, 1.807) is 0 Å². The first kappa shape index (κ1) is 11.5. The highest BCUT2D eigenvalue weighted by molar-refractivity contribution is 5.94. The zero-order valence-electron chi connectivity index (χ0n) is 10.3. The summed E-state index contributed by atoms with van der Waals surface area (Å²) in [6.45, 7) is 1.00. The van der Waals surface area contributed by atoms with Gasteiger partial charge in [0, 0.05) is 5.57 Å². The van der Waals surface area contributed by atoms with E-state index in [0.29, 0.717) is 13.2 Å². The molecule has 1 N–H and O–H groups in total. The van der Waals surface area contributed by atoms with E-state index < -0.39 is 0 Å². The van der Waals surface area contributed by atoms with Crippen molar-refractivity contribution in [1.82, 2.24) is 5.32 Å². The molecular weight excluding hydrogens is 226 g/mol. The van der Waals surface area contributed by atoms with Gasteiger partial charge in [0.1, 0.15) is 0 Å². The van der Waals surface area contributed by atoms with Gasteiger partial charge in [-0.15, -0.1) is 0 Å². The quantitative estimate of drug-likeness (QED) is 0.864. The number of hydrogen-bond donors (Lipinski definition) is 1. The van der Waals surface area contributed by atoms with E-state index in [4.69, 9.17) is 4.74 Å². The Hall–Kier alpha value is -1.61. The topological polar surface area (TPSA) is 38.3 Å². The maximum Gasteiger partial charge on any atom is 0.249 e. The lowest BCUT2D eigenvalue weighted by Crippen LogP contribution is -2.32. The van der Waals surface area contributed by atoms with E-state index in [1.807, 2.05) is 12.1 Å². The fourth-order valence-corrected chi connectivity index (χ4v) is 2.70. The van der Waals surface area contributed by atoms with Gasteiger partial charge in [0.15, 0.2) is 0 Å². The first-order valence-electron chi connectivity index (χ1n) is 6.50. The van der Waals surface area contributed by atoms with Gasteiger partial charge >= 0.3 is 0 Å². The SMILES string of the molecule is O=C(N[C@@H]1CCCc2ccccc21)C1=CCOC1. The molecule has 0 unspecified atom stereocenters. The third kappa shape index (κ3) is 2.18. The molecule has 3 heteroatoms. The molecule has 0 bridgehead atoms. The number of benzene rings is 1. The minimum atomic E-state index is 0.0224. The third-order valence-electron chi connectivity index (χ3n) is 3.67. The smallest absolute Gasteiger partial charge is 0.249 e. The summed E-state index contributed by atoms with van der Waals surface area (Å²) in [6, 6.07) is 8.55. The Morgan fingerprint density at radius 1 is 1.33 bits per heavy atom. The lowest BCUT2D eigenvalue weighted by molar-refractivity contribution is -0.118. The van der Waals surface area contributed by atoms with E-state index in [2.05, 4.69) is 23.5 Å². The highest BCUT2D eigenvalue weighted by atomic mass is 16.5. The van der Waals surface area contributed by atoms with E-state index in [1.165, 1.54) is 11.1 Å². The number of ether oxygens (including phenoxy) is 1. The van der Waals surface area contributed by atoms with Crippen molar-refractivity contribution < 1.29 is 9.53 Å². The summed E-state index contributed by atoms with van der Waals surface area (Å²) < 4.78 is 5.18. The van der Waals surface area contributed by atoms with E-state index in [9.17, 15) is 4.79 Å². The molecule has 2 aliphatic rings. The fraction of sp³-hybridized carbons (Fsp3) is 0.400. The second kappa shape index (κ2) is 4.94. The first-order chi connectivity index (χ1) is 8.84. The fourth-order valence-electron chi connectivity index (χ4n) is 2.70. The molecule has 1 atom stereocenters. The Balaban J connectivity index is 1.76. The van der Waals surface area contributed by atoms with Crippen LogP contribution in [0.5, 0.6) is 0 Å². The number of hydrogen-bond acceptors (Lipinski definition) is 2. The van der Waals surface area contributed by atoms with Crippen LogP contribution >= 0.6 is 0 Å². The minimum Gasteiger partial charge on any atom is -0.372 e. The maximum atomic E-state index is 12.1. The molecule has 1 heterocycles. The molecule has 1 aliphatic heterocycles. The number of carbonyl (C=O) groups is 1. The zero-order valence-corrected chi connectivity index (χ0v) is 10.3. The van der Waals surface area contributed by atoms with Crippen molar-refractivity contribution in [3.05, 3.63) is 47.0 Å². The average molecular weight is 243 g/mol. The molecule has 0 radical (unpaired) electrons. The molecule has 1 amide bonds. The number of carbonyl (C=O) groups excluding carboxylic acids is 1. The van der Waals surface area contributed by atoms with Crippen LogP contribution in [0.15, 0.2) is 35.9 Å². The Bertz CT molecular complexity index is 493. The Kier molecular flexibility index (Phi) is 3.15. The van der Waals surface area contributed by atoms with Gasteiger partial charge in [0.25, 0.3) is 0 Å². The largest absolute Gasteiger partial charge is 0.372 e. The minimum absolute atomic E-state index is 0.0224. The normalized spacial score (nSPS) is 22.2. The molecule has 3 nitrogen and oxygen atoms in total. The Morgan fingerprint density at radius 3 is 3.06 bits per heavy atom. The van der Waals surface area contributed by atoms with Gasteiger partial charge in [-0.05, 0) is 36.5 Å². The predicted octanol–water partition coefficient (Wildman–Crippen LogP) is 2.14. The predicted molar refractivity (Wildman–Crippen MR) is 69.2 cm³/mol. The van der Waals surface area contributed by atoms with Crippen LogP contribution in [0.2, 0.25) is 0 Å². The summed E-state index contributed by atoms with van der Waals surface area (Å²) in [5, 5.41) is 3.13. The van der Waals surface area contributed by atoms with Crippen molar-refractivity contribution in [2.75, 3.05) is 13.2 Å². The van der Waals surface area contributed by atoms with Crippen LogP contribution in [0, 0.1) is 0 Å². The molecule has 94 valence electrons. The molecule has 18 heavy (non-hydrogen) atoms. The molecule has 0 saturated heterocycles. The highest BCUT2D eigenvalue weighted by Crippen LogP contribution is 2.29. The average Bonchev–Trinajstić information content (AvgIpc) is 2.93. The molecule has 3 rings (SSSR count). The van der Waals surface area contributed by atoms with Crippen molar-refractivity contribution in [3.63, 3.8) is 0 Å². The van der Waals surface area contributed by atoms with Crippen molar-refractivity contribution in [3.8, 4) is 0 Å². The van der Waals surface area contributed by atoms with Crippen LogP contribution in [0.3, 0.4) is 0 Å². The maximum absolute atomic E-state index is 12.1. The van der Waals surface area contributed by atoms with Crippen molar-refractivity contribution in [2.24, 2.45) is 0 Å². The van der Waals surface area contributed by atoms with Crippen LogP contribution in [0.1, 0.15) is 30.0 Å². The summed E-state index contributed by atoms with van der Waals surface area (Å²) in [5.41, 5.74) is 3.40. The summed E-state index contributed by atoms with van der Waals surface area (Å²) in [5.74, 6) is 0.0224. The molecule has 0 fully saturated rings. The molecule has 1 aliphatic carbocycles. The summed E-state index contributed by atoms with van der Waals surface area (Å²) in [7, 11) is 0. The Morgan fingerprint density at radius 2 is 2.22 bits per heavy atom. The van der Waals surface area contributed by atoms with Crippen LogP contribution < -0.4 is 5.32 Å². The molecule has 0 spiro atoms. The zero-order chi connectivity index (χ0) is 12.4. The molecule has 1 aromatic carbocycles. The standard InChI is InChI=1S/C15H17NO2/c17-15(12-8-9-18-10-12)16-14-7-3-5-11-4-1-2-6-13(11)14/h1-2,4,6,8,14H,3,5,7,9-10H2,(H,16,17)/t14-/m1/s1. The van der Waals surface area contributed by atoms with Gasteiger partial charge in [0.2, 0.25) is 5.91 Å². The lowest BCUT2D eigenvalue weighted by Gasteiger charge is -2.26. The summed E-state index contributed by atoms with van der Waals surface area (Å²) in [6.07, 6.45) is 5.15. The monoisotopic (exact) mass is 243 g/mol. The lowest BCUT2D eigenvalue weighted by atomic mass is 9.87. The second-order valence-corrected chi connectivity index (χ2v) is 4.86. The summed E-state index contributed by atoms with van der Waals surface area (Å²) in [4.78, 5) is 12.1. The first-order valence-corrected chi connectivity index (χ1v) is 6.50. The van der Waals surface area contributed by atoms with Gasteiger partial charge < -0.3 is 10.1 Å². The molecule has 0 saturated carbocycles. The van der Waals surface area contributed by atoms with E-state index in [-0.39, 0.29) is 11.9 Å². The van der Waals surface area contributed by atoms with Crippen molar-refractivity contribution in [1.29, 1.82) is 0 Å².